The summed E-state index contributed by atoms with van der Waals surface area (Å²) in [5, 5.41) is 9.73. The molecule has 0 atom stereocenters. The summed E-state index contributed by atoms with van der Waals surface area (Å²) in [6.07, 6.45) is 0. The van der Waals surface area contributed by atoms with Crippen molar-refractivity contribution in [1.82, 2.24) is 9.97 Å². The number of rotatable bonds is 2. The highest BCUT2D eigenvalue weighted by Crippen LogP contribution is 2.32. The van der Waals surface area contributed by atoms with Crippen LogP contribution in [0.3, 0.4) is 0 Å². The van der Waals surface area contributed by atoms with Crippen LogP contribution in [0.4, 0.5) is 5.69 Å². The fourth-order valence-corrected chi connectivity index (χ4v) is 2.69. The van der Waals surface area contributed by atoms with E-state index in [1.165, 1.54) is 11.8 Å². The van der Waals surface area contributed by atoms with Gasteiger partial charge in [0.05, 0.1) is 22.3 Å². The van der Waals surface area contributed by atoms with Crippen molar-refractivity contribution in [3.8, 4) is 6.07 Å². The van der Waals surface area contributed by atoms with Gasteiger partial charge in [0.15, 0.2) is 5.16 Å². The summed E-state index contributed by atoms with van der Waals surface area (Å²) in [5.41, 5.74) is 8.84. The van der Waals surface area contributed by atoms with Gasteiger partial charge in [0.2, 0.25) is 0 Å². The van der Waals surface area contributed by atoms with Crippen molar-refractivity contribution in [2.24, 2.45) is 0 Å². The summed E-state index contributed by atoms with van der Waals surface area (Å²) in [4.78, 5) is 8.53. The Kier molecular flexibility index (Phi) is 2.86. The Balaban J connectivity index is 1.99. The summed E-state index contributed by atoms with van der Waals surface area (Å²) in [5.74, 6) is 0. The number of aromatic amines is 1. The molecular formula is C14H10N4S. The molecule has 2 aromatic carbocycles. The molecule has 19 heavy (non-hydrogen) atoms. The summed E-state index contributed by atoms with van der Waals surface area (Å²) >= 11 is 1.43. The second-order valence-electron chi connectivity index (χ2n) is 3.99. The van der Waals surface area contributed by atoms with Gasteiger partial charge in [-0.3, -0.25) is 0 Å². The lowest BCUT2D eigenvalue weighted by molar-refractivity contribution is 1.08. The van der Waals surface area contributed by atoms with E-state index in [4.69, 9.17) is 11.0 Å². The van der Waals surface area contributed by atoms with Crippen molar-refractivity contribution < 1.29 is 0 Å². The van der Waals surface area contributed by atoms with Crippen LogP contribution < -0.4 is 5.73 Å². The van der Waals surface area contributed by atoms with Gasteiger partial charge in [0.1, 0.15) is 6.07 Å². The van der Waals surface area contributed by atoms with Crippen molar-refractivity contribution in [2.75, 3.05) is 5.73 Å². The molecule has 0 fully saturated rings. The zero-order chi connectivity index (χ0) is 13.2. The van der Waals surface area contributed by atoms with Gasteiger partial charge in [-0.2, -0.15) is 5.26 Å². The first-order valence-electron chi connectivity index (χ1n) is 5.69. The van der Waals surface area contributed by atoms with Gasteiger partial charge in [-0.1, -0.05) is 18.2 Å². The van der Waals surface area contributed by atoms with Crippen LogP contribution in [0.2, 0.25) is 0 Å². The Bertz CT molecular complexity index is 752. The number of nitriles is 1. The Morgan fingerprint density at radius 3 is 2.79 bits per heavy atom. The fourth-order valence-electron chi connectivity index (χ4n) is 1.81. The molecule has 0 aliphatic rings. The number of hydrogen-bond donors (Lipinski definition) is 2. The summed E-state index contributed by atoms with van der Waals surface area (Å²) < 4.78 is 0. The summed E-state index contributed by atoms with van der Waals surface area (Å²) in [6.45, 7) is 0. The van der Waals surface area contributed by atoms with Gasteiger partial charge >= 0.3 is 0 Å². The zero-order valence-corrected chi connectivity index (χ0v) is 10.7. The predicted octanol–water partition coefficient (Wildman–Crippen LogP) is 3.17. The van der Waals surface area contributed by atoms with E-state index in [1.54, 1.807) is 6.07 Å². The van der Waals surface area contributed by atoms with E-state index in [9.17, 15) is 0 Å². The first-order chi connectivity index (χ1) is 9.28. The molecule has 0 amide bonds. The average molecular weight is 266 g/mol. The van der Waals surface area contributed by atoms with Crippen LogP contribution >= 0.6 is 11.8 Å². The molecular weight excluding hydrogens is 256 g/mol. The van der Waals surface area contributed by atoms with Crippen molar-refractivity contribution in [1.29, 1.82) is 5.26 Å². The zero-order valence-electron chi connectivity index (χ0n) is 9.92. The van der Waals surface area contributed by atoms with Crippen LogP contribution in [0, 0.1) is 11.3 Å². The number of imidazole rings is 1. The van der Waals surface area contributed by atoms with Gasteiger partial charge in [0.25, 0.3) is 0 Å². The number of aromatic nitrogens is 2. The lowest BCUT2D eigenvalue weighted by Crippen LogP contribution is -1.92. The van der Waals surface area contributed by atoms with E-state index < -0.39 is 0 Å². The minimum absolute atomic E-state index is 0.487. The molecule has 3 N–H and O–H groups in total. The molecule has 0 aliphatic heterocycles. The molecule has 0 bridgehead atoms. The Hall–Kier alpha value is -2.45. The van der Waals surface area contributed by atoms with Crippen LogP contribution in [0.25, 0.3) is 11.0 Å². The molecule has 0 unspecified atom stereocenters. The molecule has 1 aromatic heterocycles. The quantitative estimate of drug-likeness (QED) is 0.698. The molecule has 0 saturated heterocycles. The van der Waals surface area contributed by atoms with E-state index in [0.29, 0.717) is 11.3 Å². The van der Waals surface area contributed by atoms with Gasteiger partial charge in [-0.25, -0.2) is 4.98 Å². The fraction of sp³-hybridized carbons (Fsp3) is 0. The van der Waals surface area contributed by atoms with E-state index in [-0.39, 0.29) is 0 Å². The SMILES string of the molecule is N#Cc1cccc(Sc2nc3ccccc3[nH]2)c1N. The Morgan fingerprint density at radius 1 is 1.16 bits per heavy atom. The van der Waals surface area contributed by atoms with Gasteiger partial charge in [0, 0.05) is 4.90 Å². The molecule has 4 nitrogen and oxygen atoms in total. The molecule has 0 spiro atoms. The number of benzene rings is 2. The third-order valence-electron chi connectivity index (χ3n) is 2.76. The van der Waals surface area contributed by atoms with Crippen molar-refractivity contribution >= 4 is 28.5 Å². The highest BCUT2D eigenvalue weighted by atomic mass is 32.2. The number of nitrogens with one attached hydrogen (secondary N) is 1. The van der Waals surface area contributed by atoms with E-state index >= 15 is 0 Å². The Morgan fingerprint density at radius 2 is 2.00 bits per heavy atom. The van der Waals surface area contributed by atoms with Crippen LogP contribution in [0.1, 0.15) is 5.56 Å². The van der Waals surface area contributed by atoms with Crippen molar-refractivity contribution in [3.63, 3.8) is 0 Å². The molecule has 5 heteroatoms. The molecule has 3 rings (SSSR count). The molecule has 3 aromatic rings. The van der Waals surface area contributed by atoms with Gasteiger partial charge in [-0.15, -0.1) is 0 Å². The Labute approximate surface area is 114 Å². The number of anilines is 1. The molecule has 0 aliphatic carbocycles. The summed E-state index contributed by atoms with van der Waals surface area (Å²) in [6, 6.07) is 15.3. The maximum atomic E-state index is 8.96. The largest absolute Gasteiger partial charge is 0.397 e. The molecule has 0 radical (unpaired) electrons. The molecule has 1 heterocycles. The predicted molar refractivity (Wildman–Crippen MR) is 75.8 cm³/mol. The number of para-hydroxylation sites is 3. The average Bonchev–Trinajstić information content (AvgIpc) is 2.83. The second-order valence-corrected chi connectivity index (χ2v) is 5.02. The van der Waals surface area contributed by atoms with Crippen LogP contribution in [0.5, 0.6) is 0 Å². The minimum atomic E-state index is 0.487. The monoisotopic (exact) mass is 266 g/mol. The van der Waals surface area contributed by atoms with Crippen LogP contribution in [0.15, 0.2) is 52.5 Å². The highest BCUT2D eigenvalue weighted by Gasteiger charge is 2.09. The molecule has 92 valence electrons. The van der Waals surface area contributed by atoms with Gasteiger partial charge in [-0.05, 0) is 36.0 Å². The van der Waals surface area contributed by atoms with Gasteiger partial charge < -0.3 is 10.7 Å². The van der Waals surface area contributed by atoms with Crippen molar-refractivity contribution in [3.05, 3.63) is 48.0 Å². The first-order valence-corrected chi connectivity index (χ1v) is 6.51. The topological polar surface area (TPSA) is 78.5 Å². The minimum Gasteiger partial charge on any atom is -0.397 e. The first kappa shape index (κ1) is 11.6. The summed E-state index contributed by atoms with van der Waals surface area (Å²) in [7, 11) is 0. The smallest absolute Gasteiger partial charge is 0.171 e. The normalized spacial score (nSPS) is 10.5. The number of fused-ring (bicyclic) bond motifs is 1. The van der Waals surface area contributed by atoms with Crippen molar-refractivity contribution in [2.45, 2.75) is 10.1 Å². The van der Waals surface area contributed by atoms with Crippen LogP contribution in [-0.2, 0) is 0 Å². The number of H-pyrrole nitrogens is 1. The lowest BCUT2D eigenvalue weighted by Gasteiger charge is -2.03. The van der Waals surface area contributed by atoms with E-state index in [0.717, 1.165) is 21.1 Å². The maximum Gasteiger partial charge on any atom is 0.171 e. The van der Waals surface area contributed by atoms with E-state index in [1.807, 2.05) is 36.4 Å². The number of nitrogens with two attached hydrogens (primary N) is 1. The standard InChI is InChI=1S/C14H10N4S/c15-8-9-4-3-7-12(13(9)16)19-14-17-10-5-1-2-6-11(10)18-14/h1-7H,16H2,(H,17,18). The third-order valence-corrected chi connectivity index (χ3v) is 3.72. The lowest BCUT2D eigenvalue weighted by atomic mass is 10.2. The maximum absolute atomic E-state index is 8.96. The van der Waals surface area contributed by atoms with Crippen LogP contribution in [-0.4, -0.2) is 9.97 Å². The number of nitrogens with zero attached hydrogens (tertiary/aromatic N) is 2. The highest BCUT2D eigenvalue weighted by molar-refractivity contribution is 7.99. The molecule has 0 saturated carbocycles. The number of hydrogen-bond acceptors (Lipinski definition) is 4. The second kappa shape index (κ2) is 4.67. The number of nitrogen functional groups attached to an aromatic ring is 1. The third kappa shape index (κ3) is 2.14. The van der Waals surface area contributed by atoms with E-state index in [2.05, 4.69) is 16.0 Å².